The predicted molar refractivity (Wildman–Crippen MR) is 92.9 cm³/mol. The van der Waals surface area contributed by atoms with Crippen LogP contribution >= 0.6 is 0 Å². The number of benzene rings is 1. The van der Waals surface area contributed by atoms with Crippen molar-refractivity contribution in [3.8, 4) is 0 Å². The van der Waals surface area contributed by atoms with Crippen molar-refractivity contribution < 1.29 is 23.1 Å². The standard InChI is InChI=1S/C17H24N2O5S/c1-11-8-9-13(16(20)19(3)12(2)17(21)22)10-15(11)25(23,24)18-14-6-4-5-7-14/h8-10,12,14,18H,4-7H2,1-3H3,(H,21,22). The highest BCUT2D eigenvalue weighted by Gasteiger charge is 2.27. The van der Waals surface area contributed by atoms with Gasteiger partial charge in [0.05, 0.1) is 4.90 Å². The second-order valence-electron chi connectivity index (χ2n) is 6.51. The summed E-state index contributed by atoms with van der Waals surface area (Å²) in [7, 11) is -2.35. The van der Waals surface area contributed by atoms with Crippen LogP contribution in [0.25, 0.3) is 0 Å². The van der Waals surface area contributed by atoms with Gasteiger partial charge in [-0.2, -0.15) is 0 Å². The van der Waals surface area contributed by atoms with Crippen LogP contribution in [0.5, 0.6) is 0 Å². The third-order valence-electron chi connectivity index (χ3n) is 4.66. The van der Waals surface area contributed by atoms with E-state index in [-0.39, 0.29) is 16.5 Å². The number of aliphatic carboxylic acids is 1. The molecule has 1 unspecified atom stereocenters. The minimum atomic E-state index is -3.73. The van der Waals surface area contributed by atoms with Gasteiger partial charge >= 0.3 is 5.97 Å². The third-order valence-corrected chi connectivity index (χ3v) is 6.32. The molecule has 1 aromatic carbocycles. The molecule has 0 bridgehead atoms. The first-order valence-electron chi connectivity index (χ1n) is 8.26. The first-order chi connectivity index (χ1) is 11.6. The fraction of sp³-hybridized carbons (Fsp3) is 0.529. The smallest absolute Gasteiger partial charge is 0.326 e. The number of hydrogen-bond acceptors (Lipinski definition) is 4. The number of carboxylic acid groups (broad SMARTS) is 1. The van der Waals surface area contributed by atoms with Crippen LogP contribution in [0, 0.1) is 6.92 Å². The van der Waals surface area contributed by atoms with E-state index >= 15 is 0 Å². The van der Waals surface area contributed by atoms with Gasteiger partial charge in [-0.15, -0.1) is 0 Å². The van der Waals surface area contributed by atoms with Gasteiger partial charge in [-0.25, -0.2) is 17.9 Å². The second kappa shape index (κ2) is 7.53. The monoisotopic (exact) mass is 368 g/mol. The minimum absolute atomic E-state index is 0.0571. The Hall–Kier alpha value is -1.93. The number of aryl methyl sites for hydroxylation is 1. The zero-order valence-electron chi connectivity index (χ0n) is 14.7. The summed E-state index contributed by atoms with van der Waals surface area (Å²) in [5.74, 6) is -1.66. The molecule has 0 aliphatic heterocycles. The van der Waals surface area contributed by atoms with Crippen molar-refractivity contribution in [1.82, 2.24) is 9.62 Å². The Bertz CT molecular complexity index is 769. The Morgan fingerprint density at radius 2 is 1.88 bits per heavy atom. The third kappa shape index (κ3) is 4.38. The molecule has 0 heterocycles. The van der Waals surface area contributed by atoms with E-state index in [9.17, 15) is 18.0 Å². The highest BCUT2D eigenvalue weighted by atomic mass is 32.2. The van der Waals surface area contributed by atoms with Crippen molar-refractivity contribution >= 4 is 21.9 Å². The first kappa shape index (κ1) is 19.4. The van der Waals surface area contributed by atoms with Crippen LogP contribution in [0.3, 0.4) is 0 Å². The maximum atomic E-state index is 12.7. The Morgan fingerprint density at radius 1 is 1.28 bits per heavy atom. The SMILES string of the molecule is Cc1ccc(C(=O)N(C)C(C)C(=O)O)cc1S(=O)(=O)NC1CCCC1. The predicted octanol–water partition coefficient (Wildman–Crippen LogP) is 1.76. The van der Waals surface area contributed by atoms with Crippen molar-refractivity contribution in [1.29, 1.82) is 0 Å². The maximum Gasteiger partial charge on any atom is 0.326 e. The Kier molecular flexibility index (Phi) is 5.84. The largest absolute Gasteiger partial charge is 0.480 e. The van der Waals surface area contributed by atoms with E-state index in [0.29, 0.717) is 5.56 Å². The zero-order chi connectivity index (χ0) is 18.8. The van der Waals surface area contributed by atoms with E-state index < -0.39 is 27.9 Å². The fourth-order valence-corrected chi connectivity index (χ4v) is 4.47. The number of sulfonamides is 1. The highest BCUT2D eigenvalue weighted by molar-refractivity contribution is 7.89. The molecule has 1 aromatic rings. The van der Waals surface area contributed by atoms with Gasteiger partial charge in [-0.3, -0.25) is 4.79 Å². The number of amides is 1. The Labute approximate surface area is 148 Å². The van der Waals surface area contributed by atoms with Gasteiger partial charge in [0.1, 0.15) is 6.04 Å². The molecule has 8 heteroatoms. The van der Waals surface area contributed by atoms with E-state index in [1.807, 2.05) is 0 Å². The molecule has 1 aliphatic rings. The summed E-state index contributed by atoms with van der Waals surface area (Å²) in [4.78, 5) is 24.7. The second-order valence-corrected chi connectivity index (χ2v) is 8.20. The Morgan fingerprint density at radius 3 is 2.44 bits per heavy atom. The molecule has 0 spiro atoms. The molecular weight excluding hydrogens is 344 g/mol. The van der Waals surface area contributed by atoms with Crippen LogP contribution < -0.4 is 4.72 Å². The van der Waals surface area contributed by atoms with E-state index in [2.05, 4.69) is 4.72 Å². The molecule has 2 rings (SSSR count). The number of hydrogen-bond donors (Lipinski definition) is 2. The molecule has 0 saturated heterocycles. The summed E-state index contributed by atoms with van der Waals surface area (Å²) >= 11 is 0. The van der Waals surface area contributed by atoms with Gasteiger partial charge in [0, 0.05) is 18.7 Å². The minimum Gasteiger partial charge on any atom is -0.480 e. The number of rotatable bonds is 6. The molecule has 1 fully saturated rings. The molecule has 1 saturated carbocycles. The first-order valence-corrected chi connectivity index (χ1v) is 9.74. The summed E-state index contributed by atoms with van der Waals surface area (Å²) in [5.41, 5.74) is 0.684. The van der Waals surface area contributed by atoms with Crippen LogP contribution in [-0.4, -0.2) is 49.4 Å². The lowest BCUT2D eigenvalue weighted by molar-refractivity contribution is -0.141. The molecule has 2 N–H and O–H groups in total. The lowest BCUT2D eigenvalue weighted by atomic mass is 10.1. The van der Waals surface area contributed by atoms with Crippen molar-refractivity contribution in [3.05, 3.63) is 29.3 Å². The lowest BCUT2D eigenvalue weighted by Gasteiger charge is -2.22. The average molecular weight is 368 g/mol. The number of nitrogens with one attached hydrogen (secondary N) is 1. The van der Waals surface area contributed by atoms with Gasteiger partial charge in [-0.05, 0) is 44.4 Å². The Balaban J connectivity index is 2.30. The number of carbonyl (C=O) groups is 2. The summed E-state index contributed by atoms with van der Waals surface area (Å²) in [6.07, 6.45) is 3.64. The number of likely N-dealkylation sites (N-methyl/N-ethyl adjacent to an activating group) is 1. The summed E-state index contributed by atoms with van der Waals surface area (Å²) in [6.45, 7) is 3.06. The van der Waals surface area contributed by atoms with Crippen LogP contribution in [-0.2, 0) is 14.8 Å². The van der Waals surface area contributed by atoms with Crippen LogP contribution in [0.1, 0.15) is 48.5 Å². The van der Waals surface area contributed by atoms with Gasteiger partial charge in [-0.1, -0.05) is 18.9 Å². The fourth-order valence-electron chi connectivity index (χ4n) is 2.89. The lowest BCUT2D eigenvalue weighted by Crippen LogP contribution is -2.40. The van der Waals surface area contributed by atoms with Crippen LogP contribution in [0.2, 0.25) is 0 Å². The molecular formula is C17H24N2O5S. The molecule has 138 valence electrons. The quantitative estimate of drug-likeness (QED) is 0.796. The van der Waals surface area contributed by atoms with Gasteiger partial charge in [0.15, 0.2) is 0 Å². The summed E-state index contributed by atoms with van der Waals surface area (Å²) < 4.78 is 28.0. The van der Waals surface area contributed by atoms with E-state index in [1.54, 1.807) is 13.0 Å². The molecule has 0 radical (unpaired) electrons. The van der Waals surface area contributed by atoms with Gasteiger partial charge < -0.3 is 10.0 Å². The van der Waals surface area contributed by atoms with Crippen molar-refractivity contribution in [2.24, 2.45) is 0 Å². The molecule has 1 aliphatic carbocycles. The van der Waals surface area contributed by atoms with E-state index in [1.165, 1.54) is 26.1 Å². The van der Waals surface area contributed by atoms with E-state index in [0.717, 1.165) is 30.6 Å². The van der Waals surface area contributed by atoms with Crippen molar-refractivity contribution in [3.63, 3.8) is 0 Å². The molecule has 0 aromatic heterocycles. The van der Waals surface area contributed by atoms with Crippen LogP contribution in [0.15, 0.2) is 23.1 Å². The highest BCUT2D eigenvalue weighted by Crippen LogP contribution is 2.23. The maximum absolute atomic E-state index is 12.7. The summed E-state index contributed by atoms with van der Waals surface area (Å²) in [5, 5.41) is 9.04. The van der Waals surface area contributed by atoms with Crippen LogP contribution in [0.4, 0.5) is 0 Å². The normalized spacial score (nSPS) is 16.6. The van der Waals surface area contributed by atoms with Crippen molar-refractivity contribution in [2.75, 3.05) is 7.05 Å². The van der Waals surface area contributed by atoms with Gasteiger partial charge in [0.25, 0.3) is 5.91 Å². The van der Waals surface area contributed by atoms with Crippen molar-refractivity contribution in [2.45, 2.75) is 56.5 Å². The number of carboxylic acids is 1. The molecule has 1 atom stereocenters. The van der Waals surface area contributed by atoms with E-state index in [4.69, 9.17) is 5.11 Å². The van der Waals surface area contributed by atoms with Gasteiger partial charge in [0.2, 0.25) is 10.0 Å². The summed E-state index contributed by atoms with van der Waals surface area (Å²) in [6, 6.07) is 3.32. The number of carbonyl (C=O) groups excluding carboxylic acids is 1. The molecule has 1 amide bonds. The number of nitrogens with zero attached hydrogens (tertiary/aromatic N) is 1. The topological polar surface area (TPSA) is 104 Å². The average Bonchev–Trinajstić information content (AvgIpc) is 3.05. The zero-order valence-corrected chi connectivity index (χ0v) is 15.5. The molecule has 7 nitrogen and oxygen atoms in total. The molecule has 25 heavy (non-hydrogen) atoms.